The van der Waals surface area contributed by atoms with Crippen LogP contribution in [0.15, 0.2) is 51.9 Å². The fourth-order valence-corrected chi connectivity index (χ4v) is 4.01. The van der Waals surface area contributed by atoms with Gasteiger partial charge in [0.15, 0.2) is 5.11 Å². The van der Waals surface area contributed by atoms with Gasteiger partial charge in [-0.25, -0.2) is 0 Å². The maximum absolute atomic E-state index is 12.8. The molecular formula is C23H28N4O3S. The average molecular weight is 441 g/mol. The number of rotatable bonds is 7. The van der Waals surface area contributed by atoms with Gasteiger partial charge in [0.1, 0.15) is 5.76 Å². The lowest BCUT2D eigenvalue weighted by atomic mass is 10.1. The van der Waals surface area contributed by atoms with Gasteiger partial charge >= 0.3 is 0 Å². The summed E-state index contributed by atoms with van der Waals surface area (Å²) in [6, 6.07) is 11.8. The van der Waals surface area contributed by atoms with Crippen LogP contribution in [0.3, 0.4) is 0 Å². The van der Waals surface area contributed by atoms with Crippen molar-refractivity contribution in [3.05, 3.63) is 69.9 Å². The number of morpholine rings is 1. The highest BCUT2D eigenvalue weighted by Crippen LogP contribution is 2.16. The number of ether oxygens (including phenoxy) is 1. The molecule has 1 saturated heterocycles. The third kappa shape index (κ3) is 5.52. The van der Waals surface area contributed by atoms with Gasteiger partial charge in [-0.3, -0.25) is 9.69 Å². The van der Waals surface area contributed by atoms with Crippen molar-refractivity contribution in [2.45, 2.75) is 20.0 Å². The number of nitrogens with one attached hydrogen (secondary N) is 2. The zero-order valence-electron chi connectivity index (χ0n) is 17.7. The number of hydrogen-bond acceptors (Lipinski definition) is 5. The molecule has 7 nitrogen and oxygen atoms in total. The van der Waals surface area contributed by atoms with E-state index in [1.54, 1.807) is 6.26 Å². The van der Waals surface area contributed by atoms with Gasteiger partial charge in [0.05, 0.1) is 38.1 Å². The second-order valence-corrected chi connectivity index (χ2v) is 8.16. The largest absolute Gasteiger partial charge is 0.467 e. The monoisotopic (exact) mass is 440 g/mol. The molecule has 0 bridgehead atoms. The van der Waals surface area contributed by atoms with Gasteiger partial charge in [-0.2, -0.15) is 0 Å². The van der Waals surface area contributed by atoms with E-state index in [4.69, 9.17) is 21.4 Å². The first-order valence-corrected chi connectivity index (χ1v) is 11.0. The first-order valence-electron chi connectivity index (χ1n) is 10.6. The number of benzene rings is 1. The Morgan fingerprint density at radius 1 is 1.26 bits per heavy atom. The molecule has 0 aliphatic carbocycles. The van der Waals surface area contributed by atoms with Crippen molar-refractivity contribution in [1.29, 1.82) is 0 Å². The Labute approximate surface area is 187 Å². The quantitative estimate of drug-likeness (QED) is 0.547. The predicted molar refractivity (Wildman–Crippen MR) is 125 cm³/mol. The molecular weight excluding hydrogens is 412 g/mol. The van der Waals surface area contributed by atoms with Crippen molar-refractivity contribution in [2.24, 2.45) is 0 Å². The molecule has 0 unspecified atom stereocenters. The van der Waals surface area contributed by atoms with Crippen molar-refractivity contribution < 1.29 is 9.15 Å². The molecule has 1 fully saturated rings. The highest BCUT2D eigenvalue weighted by Gasteiger charge is 2.17. The summed E-state index contributed by atoms with van der Waals surface area (Å²) >= 11 is 5.69. The van der Waals surface area contributed by atoms with E-state index in [0.29, 0.717) is 23.8 Å². The second kappa shape index (κ2) is 10.1. The smallest absolute Gasteiger partial charge is 0.253 e. The fraction of sp³-hybridized carbons (Fsp3) is 0.391. The number of para-hydroxylation sites is 1. The van der Waals surface area contributed by atoms with Crippen LogP contribution in [0.2, 0.25) is 0 Å². The fourth-order valence-electron chi connectivity index (χ4n) is 3.78. The van der Waals surface area contributed by atoms with E-state index in [-0.39, 0.29) is 5.56 Å². The van der Waals surface area contributed by atoms with Crippen LogP contribution < -0.4 is 10.9 Å². The zero-order valence-corrected chi connectivity index (χ0v) is 18.5. The topological polar surface area (TPSA) is 73.7 Å². The summed E-state index contributed by atoms with van der Waals surface area (Å²) in [6.45, 7) is 7.86. The summed E-state index contributed by atoms with van der Waals surface area (Å²) in [5.74, 6) is 0.814. The SMILES string of the molecule is Cc1cccc2cc(CN(CCN3CCOCC3)C(=S)NCc3ccco3)c(=O)[nH]c12. The molecule has 31 heavy (non-hydrogen) atoms. The summed E-state index contributed by atoms with van der Waals surface area (Å²) in [6.07, 6.45) is 1.65. The highest BCUT2D eigenvalue weighted by molar-refractivity contribution is 7.80. The molecule has 0 radical (unpaired) electrons. The number of nitrogens with zero attached hydrogens (tertiary/aromatic N) is 2. The lowest BCUT2D eigenvalue weighted by Crippen LogP contribution is -2.46. The Morgan fingerprint density at radius 2 is 2.10 bits per heavy atom. The minimum Gasteiger partial charge on any atom is -0.467 e. The summed E-state index contributed by atoms with van der Waals surface area (Å²) in [5.41, 5.74) is 2.56. The molecule has 1 aliphatic heterocycles. The van der Waals surface area contributed by atoms with Crippen LogP contribution in [0.5, 0.6) is 0 Å². The first kappa shape index (κ1) is 21.5. The van der Waals surface area contributed by atoms with Crippen LogP contribution in [-0.2, 0) is 17.8 Å². The van der Waals surface area contributed by atoms with E-state index in [0.717, 1.165) is 61.6 Å². The Balaban J connectivity index is 1.51. The molecule has 3 heterocycles. The first-order chi connectivity index (χ1) is 15.1. The second-order valence-electron chi connectivity index (χ2n) is 7.78. The summed E-state index contributed by atoms with van der Waals surface area (Å²) in [4.78, 5) is 20.3. The molecule has 2 aromatic heterocycles. The summed E-state index contributed by atoms with van der Waals surface area (Å²) in [5, 5.41) is 4.90. The summed E-state index contributed by atoms with van der Waals surface area (Å²) in [7, 11) is 0. The maximum Gasteiger partial charge on any atom is 0.253 e. The van der Waals surface area contributed by atoms with E-state index < -0.39 is 0 Å². The van der Waals surface area contributed by atoms with E-state index in [1.807, 2.05) is 43.3 Å². The third-order valence-corrected chi connectivity index (χ3v) is 6.00. The van der Waals surface area contributed by atoms with Gasteiger partial charge in [0.2, 0.25) is 0 Å². The number of aromatic nitrogens is 1. The van der Waals surface area contributed by atoms with Crippen molar-refractivity contribution >= 4 is 28.2 Å². The van der Waals surface area contributed by atoms with Crippen LogP contribution in [0.4, 0.5) is 0 Å². The maximum atomic E-state index is 12.8. The predicted octanol–water partition coefficient (Wildman–Crippen LogP) is 2.64. The number of hydrogen-bond donors (Lipinski definition) is 2. The molecule has 0 atom stereocenters. The molecule has 0 amide bonds. The molecule has 0 spiro atoms. The van der Waals surface area contributed by atoms with Gasteiger partial charge in [0, 0.05) is 31.7 Å². The molecule has 164 valence electrons. The van der Waals surface area contributed by atoms with Gasteiger partial charge in [-0.15, -0.1) is 0 Å². The third-order valence-electron chi connectivity index (χ3n) is 5.60. The van der Waals surface area contributed by atoms with Gasteiger partial charge in [0.25, 0.3) is 5.56 Å². The van der Waals surface area contributed by atoms with Crippen molar-refractivity contribution in [3.8, 4) is 0 Å². The van der Waals surface area contributed by atoms with Crippen LogP contribution in [0, 0.1) is 6.92 Å². The van der Waals surface area contributed by atoms with Crippen molar-refractivity contribution in [1.82, 2.24) is 20.1 Å². The molecule has 1 aromatic carbocycles. The number of aryl methyl sites for hydroxylation is 1. The lowest BCUT2D eigenvalue weighted by molar-refractivity contribution is 0.0357. The molecule has 4 rings (SSSR count). The van der Waals surface area contributed by atoms with Crippen LogP contribution >= 0.6 is 12.2 Å². The van der Waals surface area contributed by atoms with E-state index in [1.165, 1.54) is 0 Å². The van der Waals surface area contributed by atoms with E-state index >= 15 is 0 Å². The Bertz CT molecular complexity index is 1070. The standard InChI is InChI=1S/C23H28N4O3S/c1-17-4-2-5-18-14-19(22(28)25-21(17)18)16-27(8-7-26-9-12-29-13-10-26)23(31)24-15-20-6-3-11-30-20/h2-6,11,14H,7-10,12-13,15-16H2,1H3,(H,24,31)(H,25,28). The van der Waals surface area contributed by atoms with E-state index in [9.17, 15) is 4.79 Å². The summed E-state index contributed by atoms with van der Waals surface area (Å²) < 4.78 is 10.8. The molecule has 1 aliphatic rings. The minimum absolute atomic E-state index is 0.0768. The number of aromatic amines is 1. The number of pyridine rings is 1. The van der Waals surface area contributed by atoms with Gasteiger partial charge in [-0.1, -0.05) is 18.2 Å². The number of H-pyrrole nitrogens is 1. The molecule has 8 heteroatoms. The minimum atomic E-state index is -0.0768. The van der Waals surface area contributed by atoms with Gasteiger partial charge < -0.3 is 24.4 Å². The van der Waals surface area contributed by atoms with E-state index in [2.05, 4.69) is 20.1 Å². The Morgan fingerprint density at radius 3 is 2.87 bits per heavy atom. The number of thiocarbonyl (C=S) groups is 1. The van der Waals surface area contributed by atoms with Crippen LogP contribution in [0.1, 0.15) is 16.9 Å². The zero-order chi connectivity index (χ0) is 21.6. The van der Waals surface area contributed by atoms with Crippen LogP contribution in [0.25, 0.3) is 10.9 Å². The molecule has 3 aromatic rings. The van der Waals surface area contributed by atoms with Crippen molar-refractivity contribution in [3.63, 3.8) is 0 Å². The lowest BCUT2D eigenvalue weighted by Gasteiger charge is -2.31. The average Bonchev–Trinajstić information content (AvgIpc) is 3.30. The number of furan rings is 1. The van der Waals surface area contributed by atoms with Gasteiger partial charge in [-0.05, 0) is 48.3 Å². The van der Waals surface area contributed by atoms with Crippen LogP contribution in [-0.4, -0.2) is 59.3 Å². The van der Waals surface area contributed by atoms with Crippen molar-refractivity contribution in [2.75, 3.05) is 39.4 Å². The molecule has 2 N–H and O–H groups in total. The normalized spacial score (nSPS) is 14.6. The molecule has 0 saturated carbocycles. The number of fused-ring (bicyclic) bond motifs is 1. The Kier molecular flexibility index (Phi) is 7.01. The highest BCUT2D eigenvalue weighted by atomic mass is 32.1. The Hall–Kier alpha value is -2.68.